The molecule has 1 saturated carbocycles. The van der Waals surface area contributed by atoms with E-state index in [-0.39, 0.29) is 29.5 Å². The van der Waals surface area contributed by atoms with Crippen LogP contribution in [0.5, 0.6) is 5.75 Å². The summed E-state index contributed by atoms with van der Waals surface area (Å²) in [6, 6.07) is 2.57. The van der Waals surface area contributed by atoms with Crippen molar-refractivity contribution in [2.75, 3.05) is 18.5 Å². The number of likely N-dealkylation sites (N-methyl/N-ethyl adjacent to an activating group) is 1. The Morgan fingerprint density at radius 1 is 1.20 bits per heavy atom. The first-order chi connectivity index (χ1) is 14.3. The van der Waals surface area contributed by atoms with Crippen molar-refractivity contribution < 1.29 is 14.7 Å². The Morgan fingerprint density at radius 3 is 2.53 bits per heavy atom. The molecule has 0 bridgehead atoms. The first-order valence-electron chi connectivity index (χ1n) is 10.8. The monoisotopic (exact) mass is 415 g/mol. The van der Waals surface area contributed by atoms with Crippen LogP contribution in [0.3, 0.4) is 0 Å². The van der Waals surface area contributed by atoms with Gasteiger partial charge in [0.05, 0.1) is 11.6 Å². The molecule has 0 unspecified atom stereocenters. The summed E-state index contributed by atoms with van der Waals surface area (Å²) in [5.74, 6) is -0.358. The number of anilines is 1. The highest BCUT2D eigenvalue weighted by Crippen LogP contribution is 2.45. The van der Waals surface area contributed by atoms with Crippen molar-refractivity contribution in [3.05, 3.63) is 23.3 Å². The van der Waals surface area contributed by atoms with Crippen molar-refractivity contribution in [1.29, 1.82) is 0 Å². The molecule has 30 heavy (non-hydrogen) atoms. The number of hydrogen-bond donors (Lipinski definition) is 4. The maximum atomic E-state index is 12.4. The zero-order valence-electron chi connectivity index (χ0n) is 17.9. The molecule has 1 aromatic rings. The van der Waals surface area contributed by atoms with E-state index in [2.05, 4.69) is 15.2 Å². The van der Waals surface area contributed by atoms with E-state index in [1.54, 1.807) is 20.0 Å². The van der Waals surface area contributed by atoms with Gasteiger partial charge >= 0.3 is 0 Å². The molecule has 1 aliphatic heterocycles. The number of phenols is 1. The number of nitrogens with two attached hydrogens (primary N) is 2. The van der Waals surface area contributed by atoms with Gasteiger partial charge in [-0.15, -0.1) is 0 Å². The Morgan fingerprint density at radius 2 is 1.90 bits per heavy atom. The molecule has 0 aromatic heterocycles. The number of hydrogen-bond acceptors (Lipinski definition) is 5. The van der Waals surface area contributed by atoms with Gasteiger partial charge in [0.25, 0.3) is 5.91 Å². The number of nitrogens with zero attached hydrogens (tertiary/aromatic N) is 2. The molecule has 164 valence electrons. The van der Waals surface area contributed by atoms with Crippen molar-refractivity contribution in [3.8, 4) is 5.75 Å². The minimum Gasteiger partial charge on any atom is -0.507 e. The maximum absolute atomic E-state index is 12.4. The SMILES string of the molecule is CNC(=O)[C@@H]1CCCN1c1ccc(C(N)=NC(=O)[C@H](C)N)c(O)c1C1CCCCC1. The second kappa shape index (κ2) is 9.47. The summed E-state index contributed by atoms with van der Waals surface area (Å²) < 4.78 is 0. The van der Waals surface area contributed by atoms with Crippen molar-refractivity contribution in [2.45, 2.75) is 69.9 Å². The summed E-state index contributed by atoms with van der Waals surface area (Å²) in [5.41, 5.74) is 13.7. The fourth-order valence-electron chi connectivity index (χ4n) is 4.62. The minimum absolute atomic E-state index is 0.0192. The molecule has 1 heterocycles. The number of amides is 2. The van der Waals surface area contributed by atoms with Crippen molar-refractivity contribution in [1.82, 2.24) is 5.32 Å². The zero-order valence-corrected chi connectivity index (χ0v) is 17.9. The summed E-state index contributed by atoms with van der Waals surface area (Å²) in [6.45, 7) is 2.30. The van der Waals surface area contributed by atoms with Gasteiger partial charge in [-0.2, -0.15) is 4.99 Å². The van der Waals surface area contributed by atoms with E-state index >= 15 is 0 Å². The predicted octanol–water partition coefficient (Wildman–Crippen LogP) is 1.73. The lowest BCUT2D eigenvalue weighted by Gasteiger charge is -2.32. The number of aromatic hydroxyl groups is 1. The summed E-state index contributed by atoms with van der Waals surface area (Å²) in [4.78, 5) is 30.3. The predicted molar refractivity (Wildman–Crippen MR) is 118 cm³/mol. The molecule has 8 nitrogen and oxygen atoms in total. The smallest absolute Gasteiger partial charge is 0.264 e. The number of amidine groups is 1. The van der Waals surface area contributed by atoms with Gasteiger partial charge in [-0.05, 0) is 50.7 Å². The molecule has 3 rings (SSSR count). The Labute approximate surface area is 177 Å². The molecule has 1 aliphatic carbocycles. The van der Waals surface area contributed by atoms with Crippen LogP contribution in [-0.4, -0.2) is 48.4 Å². The van der Waals surface area contributed by atoms with Crippen molar-refractivity contribution in [2.24, 2.45) is 16.5 Å². The molecule has 2 fully saturated rings. The average Bonchev–Trinajstić information content (AvgIpc) is 3.23. The maximum Gasteiger partial charge on any atom is 0.264 e. The lowest BCUT2D eigenvalue weighted by Crippen LogP contribution is -2.42. The molecule has 1 aromatic carbocycles. The molecule has 1 saturated heterocycles. The van der Waals surface area contributed by atoms with Crippen LogP contribution in [-0.2, 0) is 9.59 Å². The second-order valence-electron chi connectivity index (χ2n) is 8.32. The number of rotatable bonds is 5. The zero-order chi connectivity index (χ0) is 21.8. The number of phenolic OH excluding ortho intramolecular Hbond substituents is 1. The molecule has 2 atom stereocenters. The molecular weight excluding hydrogens is 382 g/mol. The quantitative estimate of drug-likeness (QED) is 0.427. The van der Waals surface area contributed by atoms with Crippen LogP contribution in [0.2, 0.25) is 0 Å². The number of aliphatic imine (C=N–C) groups is 1. The van der Waals surface area contributed by atoms with E-state index in [1.807, 2.05) is 6.07 Å². The molecule has 2 amide bonds. The topological polar surface area (TPSA) is 134 Å². The van der Waals surface area contributed by atoms with Crippen LogP contribution in [0.25, 0.3) is 0 Å². The van der Waals surface area contributed by atoms with E-state index in [1.165, 1.54) is 6.42 Å². The summed E-state index contributed by atoms with van der Waals surface area (Å²) >= 11 is 0. The van der Waals surface area contributed by atoms with E-state index in [0.717, 1.165) is 56.3 Å². The number of nitrogens with one attached hydrogen (secondary N) is 1. The van der Waals surface area contributed by atoms with Crippen LogP contribution in [0.1, 0.15) is 68.9 Å². The van der Waals surface area contributed by atoms with Gasteiger partial charge in [-0.25, -0.2) is 0 Å². The largest absolute Gasteiger partial charge is 0.507 e. The fourth-order valence-corrected chi connectivity index (χ4v) is 4.62. The lowest BCUT2D eigenvalue weighted by atomic mass is 9.81. The Kier molecular flexibility index (Phi) is 6.97. The van der Waals surface area contributed by atoms with E-state index in [0.29, 0.717) is 5.56 Å². The van der Waals surface area contributed by atoms with Crippen LogP contribution in [0.15, 0.2) is 17.1 Å². The highest BCUT2D eigenvalue weighted by molar-refractivity contribution is 6.07. The normalized spacial score (nSPS) is 21.5. The van der Waals surface area contributed by atoms with Crippen LogP contribution >= 0.6 is 0 Å². The first-order valence-corrected chi connectivity index (χ1v) is 10.8. The van der Waals surface area contributed by atoms with Gasteiger partial charge in [0, 0.05) is 24.8 Å². The number of benzene rings is 1. The Bertz CT molecular complexity index is 830. The second-order valence-corrected chi connectivity index (χ2v) is 8.32. The van der Waals surface area contributed by atoms with Crippen molar-refractivity contribution in [3.63, 3.8) is 0 Å². The third-order valence-corrected chi connectivity index (χ3v) is 6.21. The third kappa shape index (κ3) is 4.43. The summed E-state index contributed by atoms with van der Waals surface area (Å²) in [6.07, 6.45) is 7.01. The molecule has 2 aliphatic rings. The molecular formula is C22H33N5O3. The van der Waals surface area contributed by atoms with Crippen LogP contribution < -0.4 is 21.7 Å². The molecule has 0 spiro atoms. The van der Waals surface area contributed by atoms with Crippen LogP contribution in [0, 0.1) is 0 Å². The molecule has 6 N–H and O–H groups in total. The van der Waals surface area contributed by atoms with Crippen LogP contribution in [0.4, 0.5) is 5.69 Å². The van der Waals surface area contributed by atoms with Gasteiger partial charge in [-0.1, -0.05) is 19.3 Å². The highest BCUT2D eigenvalue weighted by atomic mass is 16.3. The highest BCUT2D eigenvalue weighted by Gasteiger charge is 2.34. The van der Waals surface area contributed by atoms with E-state index in [4.69, 9.17) is 11.5 Å². The Balaban J connectivity index is 2.08. The summed E-state index contributed by atoms with van der Waals surface area (Å²) in [5, 5.41) is 14.0. The average molecular weight is 416 g/mol. The summed E-state index contributed by atoms with van der Waals surface area (Å²) in [7, 11) is 1.65. The molecule has 8 heteroatoms. The van der Waals surface area contributed by atoms with E-state index in [9.17, 15) is 14.7 Å². The fraction of sp³-hybridized carbons (Fsp3) is 0.591. The Hall–Kier alpha value is -2.61. The van der Waals surface area contributed by atoms with Gasteiger partial charge in [0.15, 0.2) is 0 Å². The van der Waals surface area contributed by atoms with Gasteiger partial charge in [0.1, 0.15) is 17.6 Å². The minimum atomic E-state index is -0.763. The number of carbonyl (C=O) groups is 2. The third-order valence-electron chi connectivity index (χ3n) is 6.21. The van der Waals surface area contributed by atoms with Gasteiger partial charge < -0.3 is 26.8 Å². The van der Waals surface area contributed by atoms with Crippen molar-refractivity contribution >= 4 is 23.3 Å². The first kappa shape index (κ1) is 22.1. The lowest BCUT2D eigenvalue weighted by molar-refractivity contribution is -0.121. The number of carbonyl (C=O) groups excluding carboxylic acids is 2. The van der Waals surface area contributed by atoms with Gasteiger partial charge in [-0.3, -0.25) is 9.59 Å². The standard InChI is InChI=1S/C22H33N5O3/c1-13(23)21(29)26-20(24)15-10-11-16(27-12-6-9-17(27)22(30)25-2)18(19(15)28)14-7-4-3-5-8-14/h10-11,13-14,17,28H,3-9,12,23H2,1-2H3,(H,25,30)(H2,24,26,29)/t13-,17-/m0/s1. The van der Waals surface area contributed by atoms with Gasteiger partial charge in [0.2, 0.25) is 5.91 Å². The molecule has 0 radical (unpaired) electrons. The van der Waals surface area contributed by atoms with E-state index < -0.39 is 11.9 Å².